The molecule has 0 aromatic carbocycles. The van der Waals surface area contributed by atoms with Crippen LogP contribution in [0.15, 0.2) is 22.8 Å². The fourth-order valence-electron chi connectivity index (χ4n) is 1.50. The van der Waals surface area contributed by atoms with Gasteiger partial charge >= 0.3 is 0 Å². The first-order chi connectivity index (χ1) is 7.93. The van der Waals surface area contributed by atoms with Gasteiger partial charge in [-0.05, 0) is 24.0 Å². The van der Waals surface area contributed by atoms with Gasteiger partial charge in [0.05, 0.1) is 25.5 Å². The summed E-state index contributed by atoms with van der Waals surface area (Å²) in [6.45, 7) is 6.53. The van der Waals surface area contributed by atoms with Gasteiger partial charge in [0.25, 0.3) is 0 Å². The maximum atomic E-state index is 9.97. The van der Waals surface area contributed by atoms with E-state index in [4.69, 9.17) is 4.42 Å². The summed E-state index contributed by atoms with van der Waals surface area (Å²) < 4.78 is 5.19. The van der Waals surface area contributed by atoms with Crippen LogP contribution in [0.1, 0.15) is 33.0 Å². The number of aliphatic hydroxyl groups excluding tert-OH is 2. The van der Waals surface area contributed by atoms with Crippen molar-refractivity contribution in [2.24, 2.45) is 5.41 Å². The van der Waals surface area contributed by atoms with Crippen LogP contribution in [0.2, 0.25) is 0 Å². The summed E-state index contributed by atoms with van der Waals surface area (Å²) in [5, 5.41) is 22.4. The molecule has 0 spiro atoms. The average molecular weight is 241 g/mol. The normalized spacial score (nSPS) is 15.8. The van der Waals surface area contributed by atoms with Crippen molar-refractivity contribution in [3.63, 3.8) is 0 Å². The van der Waals surface area contributed by atoms with E-state index in [1.165, 1.54) is 0 Å². The second-order valence-corrected chi connectivity index (χ2v) is 5.46. The summed E-state index contributed by atoms with van der Waals surface area (Å²) in [6.07, 6.45) is 1.71. The Hall–Kier alpha value is -0.840. The van der Waals surface area contributed by atoms with Gasteiger partial charge < -0.3 is 19.9 Å². The van der Waals surface area contributed by atoms with Crippen molar-refractivity contribution in [1.82, 2.24) is 5.32 Å². The van der Waals surface area contributed by atoms with E-state index >= 15 is 0 Å². The average Bonchev–Trinajstić information content (AvgIpc) is 2.75. The van der Waals surface area contributed by atoms with Crippen LogP contribution in [0.3, 0.4) is 0 Å². The van der Waals surface area contributed by atoms with Crippen molar-refractivity contribution in [2.75, 3.05) is 6.61 Å². The molecule has 0 bridgehead atoms. The predicted octanol–water partition coefficient (Wildman–Crippen LogP) is 1.53. The second kappa shape index (κ2) is 6.19. The molecule has 98 valence electrons. The highest BCUT2D eigenvalue weighted by atomic mass is 16.3. The van der Waals surface area contributed by atoms with Gasteiger partial charge in [-0.2, -0.15) is 0 Å². The van der Waals surface area contributed by atoms with E-state index in [1.54, 1.807) is 6.26 Å². The quantitative estimate of drug-likeness (QED) is 0.706. The van der Waals surface area contributed by atoms with E-state index in [9.17, 15) is 10.2 Å². The maximum Gasteiger partial charge on any atom is 0.117 e. The Bertz CT molecular complexity index is 303. The number of furan rings is 1. The third-order valence-corrected chi connectivity index (χ3v) is 2.87. The van der Waals surface area contributed by atoms with E-state index in [0.717, 1.165) is 5.76 Å². The Kier molecular flexibility index (Phi) is 5.18. The molecule has 0 saturated carbocycles. The first-order valence-corrected chi connectivity index (χ1v) is 5.98. The van der Waals surface area contributed by atoms with Gasteiger partial charge in [-0.1, -0.05) is 20.8 Å². The van der Waals surface area contributed by atoms with Gasteiger partial charge in [-0.25, -0.2) is 0 Å². The first-order valence-electron chi connectivity index (χ1n) is 5.98. The maximum absolute atomic E-state index is 9.97. The van der Waals surface area contributed by atoms with Gasteiger partial charge in [0.15, 0.2) is 0 Å². The molecule has 0 aliphatic carbocycles. The Balaban J connectivity index is 2.38. The van der Waals surface area contributed by atoms with Gasteiger partial charge in [0.2, 0.25) is 0 Å². The number of hydrogen-bond donors (Lipinski definition) is 3. The lowest BCUT2D eigenvalue weighted by Crippen LogP contribution is -2.39. The lowest BCUT2D eigenvalue weighted by atomic mass is 9.85. The minimum atomic E-state index is -0.441. The van der Waals surface area contributed by atoms with E-state index < -0.39 is 6.10 Å². The van der Waals surface area contributed by atoms with Gasteiger partial charge in [-0.15, -0.1) is 0 Å². The molecule has 2 atom stereocenters. The molecule has 0 aliphatic heterocycles. The Morgan fingerprint density at radius 1 is 1.41 bits per heavy atom. The summed E-state index contributed by atoms with van der Waals surface area (Å²) in [5.41, 5.74) is -0.167. The van der Waals surface area contributed by atoms with Crippen LogP contribution in [0.5, 0.6) is 0 Å². The van der Waals surface area contributed by atoms with E-state index in [2.05, 4.69) is 5.32 Å². The third kappa shape index (κ3) is 4.89. The molecular weight excluding hydrogens is 218 g/mol. The Morgan fingerprint density at radius 2 is 2.12 bits per heavy atom. The summed E-state index contributed by atoms with van der Waals surface area (Å²) in [4.78, 5) is 0. The summed E-state index contributed by atoms with van der Waals surface area (Å²) in [5.74, 6) is 0.827. The highest BCUT2D eigenvalue weighted by Crippen LogP contribution is 2.22. The van der Waals surface area contributed by atoms with Crippen molar-refractivity contribution < 1.29 is 14.6 Å². The molecule has 0 saturated heterocycles. The molecule has 1 rings (SSSR count). The molecule has 1 aromatic rings. The minimum absolute atomic E-state index is 0.00779. The van der Waals surface area contributed by atoms with Crippen LogP contribution < -0.4 is 5.32 Å². The molecule has 3 N–H and O–H groups in total. The molecule has 4 nitrogen and oxygen atoms in total. The van der Waals surface area contributed by atoms with Gasteiger partial charge in [0, 0.05) is 6.04 Å². The highest BCUT2D eigenvalue weighted by molar-refractivity contribution is 4.97. The number of nitrogens with one attached hydrogen (secondary N) is 1. The van der Waals surface area contributed by atoms with E-state index in [0.29, 0.717) is 13.0 Å². The Morgan fingerprint density at radius 3 is 2.59 bits per heavy atom. The molecule has 0 amide bonds. The minimum Gasteiger partial charge on any atom is -0.468 e. The molecule has 1 heterocycles. The largest absolute Gasteiger partial charge is 0.468 e. The first kappa shape index (κ1) is 14.2. The molecule has 17 heavy (non-hydrogen) atoms. The van der Waals surface area contributed by atoms with Crippen molar-refractivity contribution in [3.05, 3.63) is 24.2 Å². The highest BCUT2D eigenvalue weighted by Gasteiger charge is 2.25. The van der Waals surface area contributed by atoms with Crippen LogP contribution in [0.4, 0.5) is 0 Å². The van der Waals surface area contributed by atoms with Crippen LogP contribution in [-0.2, 0) is 6.54 Å². The second-order valence-electron chi connectivity index (χ2n) is 5.46. The van der Waals surface area contributed by atoms with Crippen LogP contribution in [0, 0.1) is 5.41 Å². The number of hydrogen-bond acceptors (Lipinski definition) is 4. The molecule has 0 radical (unpaired) electrons. The zero-order valence-corrected chi connectivity index (χ0v) is 10.8. The van der Waals surface area contributed by atoms with Crippen LogP contribution in [0.25, 0.3) is 0 Å². The standard InChI is InChI=1S/C13H23NO3/c1-13(2,3)12(16)7-10(9-15)14-8-11-5-4-6-17-11/h4-6,10,12,14-16H,7-9H2,1-3H3/t10-,12-/m1/s1. The lowest BCUT2D eigenvalue weighted by molar-refractivity contribution is 0.0387. The number of aliphatic hydroxyl groups is 2. The third-order valence-electron chi connectivity index (χ3n) is 2.87. The summed E-state index contributed by atoms with van der Waals surface area (Å²) in [7, 11) is 0. The fraction of sp³-hybridized carbons (Fsp3) is 0.692. The topological polar surface area (TPSA) is 65.6 Å². The Labute approximate surface area is 103 Å². The monoisotopic (exact) mass is 241 g/mol. The number of rotatable bonds is 6. The molecule has 0 fully saturated rings. The molecular formula is C13H23NO3. The lowest BCUT2D eigenvalue weighted by Gasteiger charge is -2.29. The van der Waals surface area contributed by atoms with Gasteiger partial charge in [-0.3, -0.25) is 0 Å². The van der Waals surface area contributed by atoms with Crippen molar-refractivity contribution in [3.8, 4) is 0 Å². The zero-order valence-electron chi connectivity index (χ0n) is 10.8. The zero-order chi connectivity index (χ0) is 12.9. The van der Waals surface area contributed by atoms with E-state index in [-0.39, 0.29) is 18.1 Å². The van der Waals surface area contributed by atoms with Gasteiger partial charge in [0.1, 0.15) is 5.76 Å². The van der Waals surface area contributed by atoms with Crippen molar-refractivity contribution in [1.29, 1.82) is 0 Å². The molecule has 0 unspecified atom stereocenters. The smallest absolute Gasteiger partial charge is 0.117 e. The predicted molar refractivity (Wildman–Crippen MR) is 66.5 cm³/mol. The van der Waals surface area contributed by atoms with Crippen molar-refractivity contribution >= 4 is 0 Å². The van der Waals surface area contributed by atoms with Crippen molar-refractivity contribution in [2.45, 2.75) is 45.9 Å². The SMILES string of the molecule is CC(C)(C)[C@H](O)C[C@H](CO)NCc1ccco1. The fourth-order valence-corrected chi connectivity index (χ4v) is 1.50. The van der Waals surface area contributed by atoms with Crippen LogP contribution in [-0.4, -0.2) is 29.0 Å². The molecule has 0 aliphatic rings. The van der Waals surface area contributed by atoms with Crippen LogP contribution >= 0.6 is 0 Å². The summed E-state index contributed by atoms with van der Waals surface area (Å²) >= 11 is 0. The van der Waals surface area contributed by atoms with E-state index in [1.807, 2.05) is 32.9 Å². The molecule has 1 aromatic heterocycles. The summed E-state index contributed by atoms with van der Waals surface area (Å²) in [6, 6.07) is 3.59. The molecule has 4 heteroatoms.